The molecule has 0 saturated carbocycles. The van der Waals surface area contributed by atoms with Gasteiger partial charge in [0.1, 0.15) is 23.0 Å². The molecule has 2 unspecified atom stereocenters. The summed E-state index contributed by atoms with van der Waals surface area (Å²) in [6.45, 7) is 2.70. The number of hydrogen-bond donors (Lipinski definition) is 3. The minimum Gasteiger partial charge on any atom is -0.425 e. The lowest BCUT2D eigenvalue weighted by Crippen LogP contribution is -2.42. The Kier molecular flexibility index (Phi) is 19.4. The molecule has 19 nitrogen and oxygen atoms in total. The van der Waals surface area contributed by atoms with E-state index in [0.29, 0.717) is 34.5 Å². The maximum absolute atomic E-state index is 13.5. The van der Waals surface area contributed by atoms with Crippen LogP contribution in [0.4, 0.5) is 26.3 Å². The zero-order chi connectivity index (χ0) is 56.5. The van der Waals surface area contributed by atoms with E-state index in [4.69, 9.17) is 34.0 Å². The SMILES string of the molecule is C.CCC(O)Cn1c(=O)c2c(nc(Oc3cccc(OC(F)(F)F)c3)n2Cc2ccc(Cl)cc2)n(C)c1=O.Cn1c(=O)n(CC(O)CO)c(=O)c2c1nc(Oc1cccc(OC(F)(F)F)c1)n2Cc1ccc(Cl)cc1.[2H]CC. The van der Waals surface area contributed by atoms with Crippen molar-refractivity contribution in [2.75, 3.05) is 6.61 Å². The number of imidazole rings is 2. The Balaban J connectivity index is 0.000000270. The van der Waals surface area contributed by atoms with Crippen molar-refractivity contribution in [2.24, 2.45) is 14.1 Å². The van der Waals surface area contributed by atoms with Gasteiger partial charge in [-0.3, -0.25) is 37.0 Å². The number of aromatic nitrogens is 8. The van der Waals surface area contributed by atoms with Crippen LogP contribution in [0.3, 0.4) is 0 Å². The maximum atomic E-state index is 13.5. The Morgan fingerprint density at radius 2 is 0.961 bits per heavy atom. The van der Waals surface area contributed by atoms with Crippen molar-refractivity contribution in [3.8, 4) is 35.0 Å². The van der Waals surface area contributed by atoms with E-state index < -0.39 is 72.1 Å². The lowest BCUT2D eigenvalue weighted by Gasteiger charge is -2.13. The fourth-order valence-corrected chi connectivity index (χ4v) is 7.56. The molecule has 8 rings (SSSR count). The molecule has 4 heterocycles. The van der Waals surface area contributed by atoms with E-state index >= 15 is 0 Å². The Hall–Kier alpha value is -7.58. The van der Waals surface area contributed by atoms with E-state index in [1.807, 2.05) is 0 Å². The summed E-state index contributed by atoms with van der Waals surface area (Å²) in [6, 6.07) is 22.6. The van der Waals surface area contributed by atoms with Crippen LogP contribution < -0.4 is 41.4 Å². The molecule has 0 amide bonds. The first-order valence-corrected chi connectivity index (χ1v) is 23.3. The summed E-state index contributed by atoms with van der Waals surface area (Å²) < 4.78 is 108. The number of rotatable bonds is 16. The van der Waals surface area contributed by atoms with Gasteiger partial charge < -0.3 is 34.3 Å². The molecule has 414 valence electrons. The van der Waals surface area contributed by atoms with Gasteiger partial charge >= 0.3 is 36.1 Å². The number of benzene rings is 4. The molecule has 0 spiro atoms. The fraction of sp³-hybridized carbons (Fsp3) is 0.320. The molecule has 0 fully saturated rings. The van der Waals surface area contributed by atoms with Crippen LogP contribution in [-0.4, -0.2) is 84.2 Å². The molecule has 4 aromatic heterocycles. The molecule has 0 saturated heterocycles. The highest BCUT2D eigenvalue weighted by Crippen LogP contribution is 2.32. The van der Waals surface area contributed by atoms with Crippen LogP contribution in [0.2, 0.25) is 10.0 Å². The standard InChI is InChI=1S/C24H22ClF3N4O5.C23H20ClF3N4O6.C2H6.CH4/c1-3-16(33)13-32-21(34)19-20(30(2)23(32)35)29-22(31(19)12-14-7-9-15(25)10-8-14)36-17-5-4-6-18(11-17)37-24(26,27)28;1-29-19-18(20(34)31(22(29)35)11-15(33)12-32)30(10-13-5-7-14(24)8-6-13)21(28-19)36-16-3-2-4-17(9-16)37-23(25,26)27;1-2;/h4-11,16,33H,3,12-13H2,1-2H3;2-9,15,32-33H,10-12H2,1H3;1-2H3;1H4/i;;1D;. The van der Waals surface area contributed by atoms with Crippen LogP contribution in [0.5, 0.6) is 35.0 Å². The topological polar surface area (TPSA) is 221 Å². The minimum atomic E-state index is -4.91. The molecule has 0 aliphatic rings. The van der Waals surface area contributed by atoms with Crippen LogP contribution in [0, 0.1) is 0 Å². The molecule has 27 heteroatoms. The number of alkyl halides is 6. The van der Waals surface area contributed by atoms with Crippen molar-refractivity contribution in [2.45, 2.75) is 85.7 Å². The van der Waals surface area contributed by atoms with E-state index in [0.717, 1.165) is 42.5 Å². The zero-order valence-corrected chi connectivity index (χ0v) is 42.1. The maximum Gasteiger partial charge on any atom is 0.573 e. The van der Waals surface area contributed by atoms with Crippen LogP contribution in [0.15, 0.2) is 116 Å². The summed E-state index contributed by atoms with van der Waals surface area (Å²) in [5.74, 6) is -1.15. The van der Waals surface area contributed by atoms with Gasteiger partial charge in [0.25, 0.3) is 11.1 Å². The third-order valence-electron chi connectivity index (χ3n) is 10.9. The first kappa shape index (κ1) is 58.7. The molecule has 3 N–H and O–H groups in total. The lowest BCUT2D eigenvalue weighted by molar-refractivity contribution is -0.275. The normalized spacial score (nSPS) is 12.4. The minimum absolute atomic E-state index is 0. The number of ether oxygens (including phenoxy) is 4. The number of aliphatic hydroxyl groups excluding tert-OH is 3. The van der Waals surface area contributed by atoms with Gasteiger partial charge in [0.05, 0.1) is 45.0 Å². The molecule has 0 aliphatic heterocycles. The number of fused-ring (bicyclic) bond motifs is 2. The number of aliphatic hydroxyl groups is 3. The average Bonchev–Trinajstić information content (AvgIpc) is 3.92. The van der Waals surface area contributed by atoms with E-state index in [1.54, 1.807) is 62.4 Å². The molecule has 77 heavy (non-hydrogen) atoms. The van der Waals surface area contributed by atoms with E-state index in [2.05, 4.69) is 19.4 Å². The number of aryl methyl sites for hydroxylation is 2. The molecule has 8 aromatic rings. The van der Waals surface area contributed by atoms with Gasteiger partial charge in [-0.25, -0.2) is 9.59 Å². The molecule has 0 aliphatic carbocycles. The van der Waals surface area contributed by atoms with Gasteiger partial charge in [-0.05, 0) is 66.1 Å². The molecule has 0 bridgehead atoms. The summed E-state index contributed by atoms with van der Waals surface area (Å²) in [6.07, 6.45) is -11.8. The second-order valence-electron chi connectivity index (χ2n) is 16.2. The highest BCUT2D eigenvalue weighted by atomic mass is 35.5. The van der Waals surface area contributed by atoms with Gasteiger partial charge in [-0.15, -0.1) is 26.3 Å². The van der Waals surface area contributed by atoms with Gasteiger partial charge in [0.2, 0.25) is 0 Å². The average molecular weight is 1130 g/mol. The molecular weight excluding hydrogens is 1070 g/mol. The lowest BCUT2D eigenvalue weighted by atomic mass is 10.2. The molecule has 0 radical (unpaired) electrons. The van der Waals surface area contributed by atoms with Crippen molar-refractivity contribution in [3.05, 3.63) is 160 Å². The summed E-state index contributed by atoms with van der Waals surface area (Å²) >= 11 is 11.9. The van der Waals surface area contributed by atoms with Crippen LogP contribution >= 0.6 is 23.2 Å². The van der Waals surface area contributed by atoms with Gasteiger partial charge in [-0.2, -0.15) is 9.97 Å². The first-order chi connectivity index (χ1) is 36.3. The second-order valence-corrected chi connectivity index (χ2v) is 17.1. The van der Waals surface area contributed by atoms with Crippen LogP contribution in [-0.2, 0) is 40.3 Å². The predicted octanol–water partition coefficient (Wildman–Crippen LogP) is 8.37. The quantitative estimate of drug-likeness (QED) is 0.0775. The first-order valence-electron chi connectivity index (χ1n) is 23.3. The fourth-order valence-electron chi connectivity index (χ4n) is 7.31. The summed E-state index contributed by atoms with van der Waals surface area (Å²) in [4.78, 5) is 61.1. The van der Waals surface area contributed by atoms with Crippen molar-refractivity contribution < 1.29 is 62.0 Å². The van der Waals surface area contributed by atoms with Gasteiger partial charge in [0.15, 0.2) is 22.3 Å². The highest BCUT2D eigenvalue weighted by Gasteiger charge is 2.33. The third-order valence-corrected chi connectivity index (χ3v) is 11.4. The number of hydrogen-bond acceptors (Lipinski definition) is 13. The predicted molar refractivity (Wildman–Crippen MR) is 273 cm³/mol. The van der Waals surface area contributed by atoms with Crippen molar-refractivity contribution in [3.63, 3.8) is 0 Å². The molecule has 2 atom stereocenters. The third kappa shape index (κ3) is 14.9. The molecule has 4 aromatic carbocycles. The summed E-state index contributed by atoms with van der Waals surface area (Å²) in [5, 5.41) is 30.1. The smallest absolute Gasteiger partial charge is 0.425 e. The zero-order valence-electron chi connectivity index (χ0n) is 41.6. The Bertz CT molecular complexity index is 3350. The number of nitrogens with zero attached hydrogens (tertiary/aromatic N) is 8. The molecular formula is C50H52Cl2F6N8O11. The second kappa shape index (κ2) is 25.5. The summed E-state index contributed by atoms with van der Waals surface area (Å²) in [7, 11) is 2.77. The van der Waals surface area contributed by atoms with Crippen molar-refractivity contribution in [1.82, 2.24) is 37.4 Å². The van der Waals surface area contributed by atoms with E-state index in [9.17, 15) is 60.8 Å². The van der Waals surface area contributed by atoms with Gasteiger partial charge in [-0.1, -0.05) is 87.8 Å². The van der Waals surface area contributed by atoms with E-state index in [1.165, 1.54) is 47.5 Å². The Morgan fingerprint density at radius 3 is 1.30 bits per heavy atom. The van der Waals surface area contributed by atoms with Gasteiger partial charge in [0, 0.05) is 37.6 Å². The van der Waals surface area contributed by atoms with Crippen LogP contribution in [0.1, 0.15) is 47.1 Å². The monoisotopic (exact) mass is 1130 g/mol. The number of halogens is 8. The Morgan fingerprint density at radius 1 is 0.610 bits per heavy atom. The summed E-state index contributed by atoms with van der Waals surface area (Å²) in [5.41, 5.74) is -1.74. The highest BCUT2D eigenvalue weighted by molar-refractivity contribution is 6.30. The van der Waals surface area contributed by atoms with Crippen LogP contribution in [0.25, 0.3) is 22.3 Å². The van der Waals surface area contributed by atoms with E-state index in [-0.39, 0.29) is 72.9 Å². The van der Waals surface area contributed by atoms with Crippen molar-refractivity contribution >= 4 is 45.5 Å². The largest absolute Gasteiger partial charge is 0.573 e. The van der Waals surface area contributed by atoms with Crippen molar-refractivity contribution in [1.29, 1.82) is 0 Å². The Labute approximate surface area is 444 Å².